The summed E-state index contributed by atoms with van der Waals surface area (Å²) in [6.45, 7) is 21.1. The highest BCUT2D eigenvalue weighted by atomic mass is 28.4. The normalized spacial score (nSPS) is 17.5. The van der Waals surface area contributed by atoms with E-state index in [0.29, 0.717) is 23.0 Å². The topological polar surface area (TPSA) is 46.5 Å². The molecule has 0 heterocycles. The molecule has 0 aromatic heterocycles. The third-order valence-corrected chi connectivity index (χ3v) is 11.7. The Bertz CT molecular complexity index is 405. The standard InChI is InChI=1S/C20H40O3Si/c1-11-16(8)20(22)18(10)19(21)12-17(9)23-24(13(2)3,14(4)5)15(6)7/h11,13-15,17-18,20,22H,12H2,1-10H3/b16-11+/t17-,18-,20+/m0/s1. The summed E-state index contributed by atoms with van der Waals surface area (Å²) in [4.78, 5) is 12.6. The van der Waals surface area contributed by atoms with E-state index in [-0.39, 0.29) is 17.8 Å². The first-order valence-electron chi connectivity index (χ1n) is 9.43. The van der Waals surface area contributed by atoms with E-state index in [1.165, 1.54) is 0 Å². The van der Waals surface area contributed by atoms with Crippen LogP contribution in [-0.4, -0.2) is 31.4 Å². The molecular weight excluding hydrogens is 316 g/mol. The molecular formula is C20H40O3Si. The lowest BCUT2D eigenvalue weighted by Crippen LogP contribution is -2.50. The number of aliphatic hydroxyl groups excluding tert-OH is 1. The van der Waals surface area contributed by atoms with Crippen LogP contribution in [0.25, 0.3) is 0 Å². The predicted octanol–water partition coefficient (Wildman–Crippen LogP) is 5.49. The van der Waals surface area contributed by atoms with Crippen LogP contribution in [0.15, 0.2) is 11.6 Å². The monoisotopic (exact) mass is 356 g/mol. The Morgan fingerprint density at radius 1 is 1.00 bits per heavy atom. The minimum absolute atomic E-state index is 0.0790. The summed E-state index contributed by atoms with van der Waals surface area (Å²) in [6.07, 6.45) is 1.44. The number of carbonyl (C=O) groups is 1. The molecule has 0 bridgehead atoms. The first-order valence-corrected chi connectivity index (χ1v) is 11.6. The van der Waals surface area contributed by atoms with Gasteiger partial charge in [0.25, 0.3) is 0 Å². The van der Waals surface area contributed by atoms with Gasteiger partial charge >= 0.3 is 0 Å². The van der Waals surface area contributed by atoms with Gasteiger partial charge in [-0.1, -0.05) is 54.5 Å². The molecule has 0 amide bonds. The number of carbonyl (C=O) groups excluding carboxylic acids is 1. The Labute approximate surface area is 151 Å². The molecule has 4 heteroatoms. The summed E-state index contributed by atoms with van der Waals surface area (Å²) in [6, 6.07) is 0. The van der Waals surface area contributed by atoms with Crippen molar-refractivity contribution in [2.45, 2.75) is 104 Å². The van der Waals surface area contributed by atoms with Crippen molar-refractivity contribution in [1.29, 1.82) is 0 Å². The number of ketones is 1. The average molecular weight is 357 g/mol. The van der Waals surface area contributed by atoms with Crippen molar-refractivity contribution < 1.29 is 14.3 Å². The van der Waals surface area contributed by atoms with Crippen molar-refractivity contribution >= 4 is 14.1 Å². The van der Waals surface area contributed by atoms with Gasteiger partial charge in [-0.15, -0.1) is 0 Å². The fourth-order valence-corrected chi connectivity index (χ4v) is 9.61. The van der Waals surface area contributed by atoms with Crippen LogP contribution >= 0.6 is 0 Å². The van der Waals surface area contributed by atoms with Gasteiger partial charge in [0.15, 0.2) is 0 Å². The van der Waals surface area contributed by atoms with E-state index >= 15 is 0 Å². The number of rotatable bonds is 10. The molecule has 0 aliphatic carbocycles. The van der Waals surface area contributed by atoms with Crippen LogP contribution in [0.2, 0.25) is 16.6 Å². The lowest BCUT2D eigenvalue weighted by atomic mass is 9.92. The van der Waals surface area contributed by atoms with Gasteiger partial charge in [-0.05, 0) is 43.0 Å². The fraction of sp³-hybridized carbons (Fsp3) is 0.850. The summed E-state index contributed by atoms with van der Waals surface area (Å²) >= 11 is 0. The minimum atomic E-state index is -1.97. The Hall–Kier alpha value is -0.453. The van der Waals surface area contributed by atoms with Crippen LogP contribution in [0, 0.1) is 5.92 Å². The number of Topliss-reactive ketones (excluding diaryl/α,β-unsaturated/α-hetero) is 1. The third-order valence-electron chi connectivity index (χ3n) is 5.50. The molecule has 0 unspecified atom stereocenters. The average Bonchev–Trinajstić information content (AvgIpc) is 2.48. The van der Waals surface area contributed by atoms with Crippen LogP contribution in [0.3, 0.4) is 0 Å². The maximum Gasteiger partial charge on any atom is 0.200 e. The quantitative estimate of drug-likeness (QED) is 0.416. The van der Waals surface area contributed by atoms with E-state index in [4.69, 9.17) is 4.43 Å². The molecule has 0 fully saturated rings. The molecule has 142 valence electrons. The Morgan fingerprint density at radius 2 is 1.42 bits per heavy atom. The van der Waals surface area contributed by atoms with Gasteiger partial charge < -0.3 is 9.53 Å². The maximum absolute atomic E-state index is 12.6. The highest BCUT2D eigenvalue weighted by Crippen LogP contribution is 2.43. The summed E-state index contributed by atoms with van der Waals surface area (Å²) < 4.78 is 6.63. The van der Waals surface area contributed by atoms with E-state index in [0.717, 1.165) is 5.57 Å². The van der Waals surface area contributed by atoms with Gasteiger partial charge in [0, 0.05) is 18.4 Å². The smallest absolute Gasteiger partial charge is 0.200 e. The molecule has 0 aliphatic heterocycles. The number of allylic oxidation sites excluding steroid dienone is 1. The van der Waals surface area contributed by atoms with E-state index in [1.54, 1.807) is 0 Å². The molecule has 0 spiro atoms. The number of aliphatic hydroxyl groups is 1. The van der Waals surface area contributed by atoms with Gasteiger partial charge in [0.05, 0.1) is 6.10 Å². The zero-order valence-electron chi connectivity index (χ0n) is 17.5. The first kappa shape index (κ1) is 23.5. The molecule has 1 N–H and O–H groups in total. The fourth-order valence-electron chi connectivity index (χ4n) is 4.01. The van der Waals surface area contributed by atoms with Crippen molar-refractivity contribution in [3.63, 3.8) is 0 Å². The molecule has 3 atom stereocenters. The molecule has 0 saturated heterocycles. The SMILES string of the molecule is C/C=C(\C)[C@@H](O)[C@@H](C)C(=O)C[C@H](C)O[Si](C(C)C)(C(C)C)C(C)C. The van der Waals surface area contributed by atoms with Crippen LogP contribution < -0.4 is 0 Å². The summed E-state index contributed by atoms with van der Waals surface area (Å²) in [5.41, 5.74) is 2.36. The van der Waals surface area contributed by atoms with Gasteiger partial charge in [0.1, 0.15) is 5.78 Å². The van der Waals surface area contributed by atoms with Gasteiger partial charge in [-0.3, -0.25) is 4.79 Å². The number of hydrogen-bond donors (Lipinski definition) is 1. The first-order chi connectivity index (χ1) is 10.9. The second-order valence-electron chi connectivity index (χ2n) is 8.18. The lowest BCUT2D eigenvalue weighted by Gasteiger charge is -2.44. The molecule has 0 aromatic carbocycles. The Morgan fingerprint density at radius 3 is 1.75 bits per heavy atom. The van der Waals surface area contributed by atoms with Crippen LogP contribution in [-0.2, 0) is 9.22 Å². The Balaban J connectivity index is 5.10. The van der Waals surface area contributed by atoms with E-state index in [2.05, 4.69) is 41.5 Å². The predicted molar refractivity (Wildman–Crippen MR) is 106 cm³/mol. The number of hydrogen-bond acceptors (Lipinski definition) is 3. The van der Waals surface area contributed by atoms with Crippen molar-refractivity contribution in [3.05, 3.63) is 11.6 Å². The summed E-state index contributed by atoms with van der Waals surface area (Å²) in [5.74, 6) is -0.309. The maximum atomic E-state index is 12.6. The lowest BCUT2D eigenvalue weighted by molar-refractivity contribution is -0.126. The molecule has 0 aliphatic rings. The zero-order valence-corrected chi connectivity index (χ0v) is 18.5. The van der Waals surface area contributed by atoms with Crippen molar-refractivity contribution in [1.82, 2.24) is 0 Å². The second kappa shape index (κ2) is 9.88. The van der Waals surface area contributed by atoms with Crippen molar-refractivity contribution in [2.24, 2.45) is 5.92 Å². The van der Waals surface area contributed by atoms with Gasteiger partial charge in [0.2, 0.25) is 8.32 Å². The second-order valence-corrected chi connectivity index (χ2v) is 13.6. The van der Waals surface area contributed by atoms with Crippen molar-refractivity contribution in [3.8, 4) is 0 Å². The van der Waals surface area contributed by atoms with Crippen LogP contribution in [0.5, 0.6) is 0 Å². The zero-order chi connectivity index (χ0) is 19.2. The largest absolute Gasteiger partial charge is 0.413 e. The van der Waals surface area contributed by atoms with Gasteiger partial charge in [-0.2, -0.15) is 0 Å². The van der Waals surface area contributed by atoms with E-state index in [1.807, 2.05) is 33.8 Å². The van der Waals surface area contributed by atoms with E-state index < -0.39 is 14.4 Å². The molecule has 3 nitrogen and oxygen atoms in total. The van der Waals surface area contributed by atoms with Gasteiger partial charge in [-0.25, -0.2) is 0 Å². The van der Waals surface area contributed by atoms with Crippen LogP contribution in [0.1, 0.15) is 75.7 Å². The van der Waals surface area contributed by atoms with E-state index in [9.17, 15) is 9.90 Å². The third kappa shape index (κ3) is 5.53. The molecule has 0 saturated carbocycles. The Kier molecular flexibility index (Phi) is 9.70. The van der Waals surface area contributed by atoms with Crippen molar-refractivity contribution in [2.75, 3.05) is 0 Å². The molecule has 24 heavy (non-hydrogen) atoms. The highest BCUT2D eigenvalue weighted by Gasteiger charge is 2.46. The molecule has 0 rings (SSSR count). The molecule has 0 aromatic rings. The minimum Gasteiger partial charge on any atom is -0.413 e. The summed E-state index contributed by atoms with van der Waals surface area (Å²) in [5, 5.41) is 10.2. The van der Waals surface area contributed by atoms with Crippen LogP contribution in [0.4, 0.5) is 0 Å². The summed E-state index contributed by atoms with van der Waals surface area (Å²) in [7, 11) is -1.97. The highest BCUT2D eigenvalue weighted by molar-refractivity contribution is 6.77. The molecule has 0 radical (unpaired) electrons.